The van der Waals surface area contributed by atoms with E-state index in [1.54, 1.807) is 0 Å². The number of hydrogen-bond donors (Lipinski definition) is 2. The van der Waals surface area contributed by atoms with E-state index in [-0.39, 0.29) is 0 Å². The molecule has 1 aromatic carbocycles. The van der Waals surface area contributed by atoms with E-state index in [0.717, 1.165) is 36.2 Å². The lowest BCUT2D eigenvalue weighted by atomic mass is 9.99. The zero-order valence-corrected chi connectivity index (χ0v) is 19.5. The summed E-state index contributed by atoms with van der Waals surface area (Å²) in [5, 5.41) is 6.84. The minimum Gasteiger partial charge on any atom is -0.491 e. The van der Waals surface area contributed by atoms with Crippen LogP contribution in [0.4, 0.5) is 0 Å². The molecule has 6 nitrogen and oxygen atoms in total. The Kier molecular flexibility index (Phi) is 11.6. The van der Waals surface area contributed by atoms with Crippen molar-refractivity contribution in [2.45, 2.75) is 53.0 Å². The summed E-state index contributed by atoms with van der Waals surface area (Å²) >= 11 is 0. The zero-order valence-electron chi connectivity index (χ0n) is 19.5. The van der Waals surface area contributed by atoms with Crippen LogP contribution >= 0.6 is 0 Å². The first-order valence-corrected chi connectivity index (χ1v) is 11.6. The van der Waals surface area contributed by atoms with Gasteiger partial charge in [-0.05, 0) is 76.7 Å². The summed E-state index contributed by atoms with van der Waals surface area (Å²) in [6, 6.07) is 6.32. The summed E-state index contributed by atoms with van der Waals surface area (Å²) in [5.41, 5.74) is 2.32. The Morgan fingerprint density at radius 2 is 1.97 bits per heavy atom. The molecule has 0 spiro atoms. The largest absolute Gasteiger partial charge is 0.491 e. The average Bonchev–Trinajstić information content (AvgIpc) is 2.75. The quantitative estimate of drug-likeness (QED) is 0.309. The topological polar surface area (TPSA) is 58.1 Å². The molecular weight excluding hydrogens is 376 g/mol. The Hall–Kier alpha value is -1.79. The molecule has 0 radical (unpaired) electrons. The third kappa shape index (κ3) is 9.35. The maximum absolute atomic E-state index is 5.93. The second-order valence-electron chi connectivity index (χ2n) is 8.24. The van der Waals surface area contributed by atoms with Crippen LogP contribution in [-0.2, 0) is 11.3 Å². The minimum atomic E-state index is 0.563. The highest BCUT2D eigenvalue weighted by Gasteiger charge is 2.14. The molecule has 1 heterocycles. The van der Waals surface area contributed by atoms with E-state index in [1.807, 2.05) is 14.0 Å². The monoisotopic (exact) mass is 418 g/mol. The van der Waals surface area contributed by atoms with E-state index in [1.165, 1.54) is 44.5 Å². The molecule has 2 N–H and O–H groups in total. The summed E-state index contributed by atoms with van der Waals surface area (Å²) in [6.07, 6.45) is 5.09. The van der Waals surface area contributed by atoms with Crippen LogP contribution in [-0.4, -0.2) is 63.9 Å². The van der Waals surface area contributed by atoms with E-state index in [0.29, 0.717) is 26.4 Å². The Bertz CT molecular complexity index is 628. The number of aryl methyl sites for hydroxylation is 1. The summed E-state index contributed by atoms with van der Waals surface area (Å²) in [6.45, 7) is 13.7. The van der Waals surface area contributed by atoms with Crippen LogP contribution in [0, 0.1) is 12.8 Å². The van der Waals surface area contributed by atoms with Gasteiger partial charge in [0.2, 0.25) is 0 Å². The highest BCUT2D eigenvalue weighted by Crippen LogP contribution is 2.20. The fourth-order valence-corrected chi connectivity index (χ4v) is 3.65. The van der Waals surface area contributed by atoms with E-state index < -0.39 is 0 Å². The van der Waals surface area contributed by atoms with Gasteiger partial charge >= 0.3 is 0 Å². The number of guanidine groups is 1. The second kappa shape index (κ2) is 14.3. The first-order valence-electron chi connectivity index (χ1n) is 11.6. The molecule has 0 aromatic heterocycles. The molecule has 1 saturated heterocycles. The number of rotatable bonds is 12. The normalized spacial score (nSPS) is 15.9. The van der Waals surface area contributed by atoms with Crippen molar-refractivity contribution in [1.82, 2.24) is 15.5 Å². The third-order valence-corrected chi connectivity index (χ3v) is 5.65. The van der Waals surface area contributed by atoms with E-state index in [9.17, 15) is 0 Å². The molecular formula is C24H42N4O2. The molecule has 0 saturated carbocycles. The van der Waals surface area contributed by atoms with Gasteiger partial charge in [-0.2, -0.15) is 0 Å². The van der Waals surface area contributed by atoms with Crippen LogP contribution in [0.25, 0.3) is 0 Å². The summed E-state index contributed by atoms with van der Waals surface area (Å²) in [4.78, 5) is 6.96. The van der Waals surface area contributed by atoms with Gasteiger partial charge < -0.3 is 25.0 Å². The number of likely N-dealkylation sites (tertiary alicyclic amines) is 1. The minimum absolute atomic E-state index is 0.563. The van der Waals surface area contributed by atoms with Crippen molar-refractivity contribution in [3.63, 3.8) is 0 Å². The van der Waals surface area contributed by atoms with E-state index in [4.69, 9.17) is 9.47 Å². The summed E-state index contributed by atoms with van der Waals surface area (Å²) in [5.74, 6) is 2.65. The van der Waals surface area contributed by atoms with Gasteiger partial charge in [-0.15, -0.1) is 0 Å². The molecule has 0 aliphatic carbocycles. The van der Waals surface area contributed by atoms with Crippen LogP contribution in [0.15, 0.2) is 23.2 Å². The third-order valence-electron chi connectivity index (χ3n) is 5.65. The number of benzene rings is 1. The Morgan fingerprint density at radius 3 is 2.70 bits per heavy atom. The predicted molar refractivity (Wildman–Crippen MR) is 125 cm³/mol. The van der Waals surface area contributed by atoms with Crippen molar-refractivity contribution in [3.8, 4) is 5.75 Å². The Balaban J connectivity index is 1.68. The smallest absolute Gasteiger partial charge is 0.191 e. The molecule has 0 atom stereocenters. The first-order chi connectivity index (χ1) is 14.6. The van der Waals surface area contributed by atoms with Gasteiger partial charge in [0.05, 0.1) is 6.61 Å². The fraction of sp³-hybridized carbons (Fsp3) is 0.708. The van der Waals surface area contributed by atoms with Gasteiger partial charge in [0.1, 0.15) is 12.4 Å². The van der Waals surface area contributed by atoms with Crippen LogP contribution in [0.2, 0.25) is 0 Å². The van der Waals surface area contributed by atoms with Gasteiger partial charge in [-0.1, -0.05) is 19.1 Å². The van der Waals surface area contributed by atoms with Crippen molar-refractivity contribution in [2.75, 3.05) is 53.0 Å². The highest BCUT2D eigenvalue weighted by molar-refractivity contribution is 5.79. The fourth-order valence-electron chi connectivity index (χ4n) is 3.65. The number of aliphatic imine (C=N–C) groups is 1. The molecule has 0 bridgehead atoms. The van der Waals surface area contributed by atoms with Crippen molar-refractivity contribution >= 4 is 5.96 Å². The SMILES string of the molecule is CCOCCOc1cc(C)ccc1CNC(=NC)NCCCCN1CCC(C)CC1. The van der Waals surface area contributed by atoms with Crippen molar-refractivity contribution in [1.29, 1.82) is 0 Å². The van der Waals surface area contributed by atoms with Crippen LogP contribution in [0.3, 0.4) is 0 Å². The van der Waals surface area contributed by atoms with Crippen LogP contribution < -0.4 is 15.4 Å². The predicted octanol–water partition coefficient (Wildman–Crippen LogP) is 3.59. The molecule has 0 amide bonds. The molecule has 1 aromatic rings. The highest BCUT2D eigenvalue weighted by atomic mass is 16.5. The maximum Gasteiger partial charge on any atom is 0.191 e. The van der Waals surface area contributed by atoms with Gasteiger partial charge in [-0.25, -0.2) is 0 Å². The molecule has 1 fully saturated rings. The lowest BCUT2D eigenvalue weighted by Crippen LogP contribution is -2.38. The molecule has 1 aliphatic rings. The molecule has 6 heteroatoms. The molecule has 1 aliphatic heterocycles. The summed E-state index contributed by atoms with van der Waals surface area (Å²) in [7, 11) is 1.82. The molecule has 170 valence electrons. The molecule has 30 heavy (non-hydrogen) atoms. The number of nitrogens with zero attached hydrogens (tertiary/aromatic N) is 2. The zero-order chi connectivity index (χ0) is 21.6. The molecule has 2 rings (SSSR count). The standard InChI is InChI=1S/C24H42N4O2/c1-5-29-16-17-30-23-18-21(3)8-9-22(23)19-27-24(25-4)26-12-6-7-13-28-14-10-20(2)11-15-28/h8-9,18,20H,5-7,10-17,19H2,1-4H3,(H2,25,26,27). The first kappa shape index (κ1) is 24.5. The average molecular weight is 419 g/mol. The van der Waals surface area contributed by atoms with Crippen LogP contribution in [0.1, 0.15) is 50.7 Å². The second-order valence-corrected chi connectivity index (χ2v) is 8.24. The number of nitrogens with one attached hydrogen (secondary N) is 2. The van der Waals surface area contributed by atoms with Gasteiger partial charge in [0, 0.05) is 32.3 Å². The molecule has 0 unspecified atom stereocenters. The van der Waals surface area contributed by atoms with E-state index >= 15 is 0 Å². The van der Waals surface area contributed by atoms with E-state index in [2.05, 4.69) is 52.6 Å². The van der Waals surface area contributed by atoms with Gasteiger partial charge in [0.15, 0.2) is 5.96 Å². The lowest BCUT2D eigenvalue weighted by molar-refractivity contribution is 0.110. The Labute approximate surface area is 183 Å². The number of unbranched alkanes of at least 4 members (excludes halogenated alkanes) is 1. The van der Waals surface area contributed by atoms with Crippen LogP contribution in [0.5, 0.6) is 5.75 Å². The van der Waals surface area contributed by atoms with Gasteiger partial charge in [0.25, 0.3) is 0 Å². The number of ether oxygens (including phenoxy) is 2. The number of hydrogen-bond acceptors (Lipinski definition) is 4. The maximum atomic E-state index is 5.93. The lowest BCUT2D eigenvalue weighted by Gasteiger charge is -2.30. The Morgan fingerprint density at radius 1 is 1.17 bits per heavy atom. The van der Waals surface area contributed by atoms with Gasteiger partial charge in [-0.3, -0.25) is 4.99 Å². The summed E-state index contributed by atoms with van der Waals surface area (Å²) < 4.78 is 11.3. The number of piperidine rings is 1. The van der Waals surface area contributed by atoms with Crippen molar-refractivity contribution in [2.24, 2.45) is 10.9 Å². The van der Waals surface area contributed by atoms with Crippen molar-refractivity contribution in [3.05, 3.63) is 29.3 Å². The van der Waals surface area contributed by atoms with Crippen molar-refractivity contribution < 1.29 is 9.47 Å².